The predicted octanol–water partition coefficient (Wildman–Crippen LogP) is 2.00. The third kappa shape index (κ3) is 4.79. The molecule has 120 valence electrons. The van der Waals surface area contributed by atoms with E-state index in [1.54, 1.807) is 12.1 Å². The van der Waals surface area contributed by atoms with E-state index in [2.05, 4.69) is 0 Å². The molecule has 2 rings (SSSR count). The average molecular weight is 318 g/mol. The molecule has 0 radical (unpaired) electrons. The second-order valence-electron chi connectivity index (χ2n) is 4.76. The molecule has 23 heavy (non-hydrogen) atoms. The Bertz CT molecular complexity index is 703. The van der Waals surface area contributed by atoms with Gasteiger partial charge in [-0.25, -0.2) is 4.39 Å². The van der Waals surface area contributed by atoms with Gasteiger partial charge in [0.15, 0.2) is 0 Å². The van der Waals surface area contributed by atoms with E-state index in [9.17, 15) is 19.2 Å². The van der Waals surface area contributed by atoms with Gasteiger partial charge in [-0.05, 0) is 42.0 Å². The van der Waals surface area contributed by atoms with Crippen molar-refractivity contribution in [2.75, 3.05) is 5.06 Å². The number of hydrogen-bond donors (Lipinski definition) is 2. The van der Waals surface area contributed by atoms with E-state index in [4.69, 9.17) is 10.5 Å². The summed E-state index contributed by atoms with van der Waals surface area (Å²) in [6.07, 6.45) is -0.589. The lowest BCUT2D eigenvalue weighted by Gasteiger charge is -2.14. The van der Waals surface area contributed by atoms with Crippen LogP contribution in [0.3, 0.4) is 0 Å². The Morgan fingerprint density at radius 3 is 2.48 bits per heavy atom. The normalized spacial score (nSPS) is 10.2. The first-order valence-corrected chi connectivity index (χ1v) is 6.73. The minimum atomic E-state index is -0.830. The molecule has 7 heteroatoms. The van der Waals surface area contributed by atoms with Crippen molar-refractivity contribution >= 4 is 17.5 Å². The summed E-state index contributed by atoms with van der Waals surface area (Å²) in [5.74, 6) is -1.52. The van der Waals surface area contributed by atoms with Crippen molar-refractivity contribution in [1.82, 2.24) is 0 Å². The molecular weight excluding hydrogens is 303 g/mol. The van der Waals surface area contributed by atoms with Gasteiger partial charge in [0.1, 0.15) is 24.6 Å². The molecule has 2 amide bonds. The van der Waals surface area contributed by atoms with Crippen LogP contribution in [0.1, 0.15) is 12.0 Å². The molecule has 0 aliphatic rings. The van der Waals surface area contributed by atoms with E-state index < -0.39 is 18.2 Å². The summed E-state index contributed by atoms with van der Waals surface area (Å²) in [6.45, 7) is 0.181. The molecule has 0 atom stereocenters. The molecule has 0 saturated heterocycles. The van der Waals surface area contributed by atoms with Gasteiger partial charge in [-0.3, -0.25) is 14.8 Å². The number of benzene rings is 2. The highest BCUT2D eigenvalue weighted by Crippen LogP contribution is 2.20. The number of carbonyl (C=O) groups excluding carboxylic acids is 2. The predicted molar refractivity (Wildman–Crippen MR) is 80.3 cm³/mol. The Morgan fingerprint density at radius 1 is 1.17 bits per heavy atom. The number of anilines is 1. The van der Waals surface area contributed by atoms with Gasteiger partial charge in [0, 0.05) is 0 Å². The second kappa shape index (κ2) is 7.37. The molecule has 0 saturated carbocycles. The average Bonchev–Trinajstić information content (AvgIpc) is 2.52. The lowest BCUT2D eigenvalue weighted by molar-refractivity contribution is -0.129. The number of nitrogens with zero attached hydrogens (tertiary/aromatic N) is 1. The van der Waals surface area contributed by atoms with Crippen molar-refractivity contribution in [2.24, 2.45) is 5.73 Å². The van der Waals surface area contributed by atoms with Gasteiger partial charge in [0.05, 0.1) is 5.69 Å². The molecule has 0 spiro atoms. The van der Waals surface area contributed by atoms with Crippen LogP contribution in [0, 0.1) is 5.82 Å². The molecular formula is C16H15FN2O4. The first kappa shape index (κ1) is 16.4. The summed E-state index contributed by atoms with van der Waals surface area (Å²) in [4.78, 5) is 22.2. The number of nitrogens with two attached hydrogens (primary N) is 1. The summed E-state index contributed by atoms with van der Waals surface area (Å²) in [5.41, 5.74) is 5.75. The van der Waals surface area contributed by atoms with Crippen molar-refractivity contribution in [1.29, 1.82) is 0 Å². The van der Waals surface area contributed by atoms with Crippen LogP contribution in [-0.2, 0) is 16.2 Å². The molecule has 0 aromatic heterocycles. The van der Waals surface area contributed by atoms with E-state index in [0.717, 1.165) is 0 Å². The van der Waals surface area contributed by atoms with Crippen LogP contribution in [0.25, 0.3) is 0 Å². The standard InChI is InChI=1S/C16H15FN2O4/c17-12-3-1-2-11(8-12)10-23-14-6-4-13(5-7-14)19(22)16(21)9-15(18)20/h1-8,22H,9-10H2,(H2,18,20). The molecule has 0 heterocycles. The van der Waals surface area contributed by atoms with Gasteiger partial charge < -0.3 is 10.5 Å². The lowest BCUT2D eigenvalue weighted by Crippen LogP contribution is -2.31. The summed E-state index contributed by atoms with van der Waals surface area (Å²) < 4.78 is 18.5. The molecule has 6 nitrogen and oxygen atoms in total. The third-order valence-electron chi connectivity index (χ3n) is 2.94. The zero-order valence-electron chi connectivity index (χ0n) is 12.1. The fraction of sp³-hybridized carbons (Fsp3) is 0.125. The highest BCUT2D eigenvalue weighted by atomic mass is 19.1. The van der Waals surface area contributed by atoms with Gasteiger partial charge in [0.2, 0.25) is 5.91 Å². The van der Waals surface area contributed by atoms with Gasteiger partial charge in [0.25, 0.3) is 5.91 Å². The number of hydroxylamine groups is 1. The number of ether oxygens (including phenoxy) is 1. The second-order valence-corrected chi connectivity index (χ2v) is 4.76. The molecule has 3 N–H and O–H groups in total. The smallest absolute Gasteiger partial charge is 0.260 e. The lowest BCUT2D eigenvalue weighted by atomic mass is 10.2. The van der Waals surface area contributed by atoms with Crippen LogP contribution in [0.5, 0.6) is 5.75 Å². The van der Waals surface area contributed by atoms with Crippen LogP contribution in [-0.4, -0.2) is 17.0 Å². The first-order chi connectivity index (χ1) is 11.0. The van der Waals surface area contributed by atoms with Gasteiger partial charge in [-0.1, -0.05) is 12.1 Å². The molecule has 0 bridgehead atoms. The van der Waals surface area contributed by atoms with Crippen LogP contribution in [0.2, 0.25) is 0 Å². The zero-order chi connectivity index (χ0) is 16.8. The van der Waals surface area contributed by atoms with Crippen molar-refractivity contribution in [2.45, 2.75) is 13.0 Å². The number of rotatable bonds is 6. The topological polar surface area (TPSA) is 92.9 Å². The molecule has 0 aliphatic carbocycles. The number of primary amides is 1. The number of amides is 2. The fourth-order valence-electron chi connectivity index (χ4n) is 1.84. The number of hydrogen-bond acceptors (Lipinski definition) is 4. The van der Waals surface area contributed by atoms with Crippen molar-refractivity contribution < 1.29 is 23.9 Å². The van der Waals surface area contributed by atoms with Crippen LogP contribution < -0.4 is 15.5 Å². The van der Waals surface area contributed by atoms with Gasteiger partial charge in [-0.2, -0.15) is 5.06 Å². The molecule has 0 aliphatic heterocycles. The minimum absolute atomic E-state index is 0.175. The van der Waals surface area contributed by atoms with Crippen LogP contribution in [0.15, 0.2) is 48.5 Å². The Hall–Kier alpha value is -2.93. The Labute approximate surface area is 131 Å². The SMILES string of the molecule is NC(=O)CC(=O)N(O)c1ccc(OCc2cccc(F)c2)cc1. The van der Waals surface area contributed by atoms with E-state index in [1.807, 2.05) is 0 Å². The molecule has 0 fully saturated rings. The monoisotopic (exact) mass is 318 g/mol. The quantitative estimate of drug-likeness (QED) is 0.484. The number of carbonyl (C=O) groups is 2. The first-order valence-electron chi connectivity index (χ1n) is 6.73. The Balaban J connectivity index is 1.96. The van der Waals surface area contributed by atoms with Crippen molar-refractivity contribution in [3.05, 3.63) is 59.9 Å². The van der Waals surface area contributed by atoms with Crippen molar-refractivity contribution in [3.63, 3.8) is 0 Å². The highest BCUT2D eigenvalue weighted by Gasteiger charge is 2.15. The Kier molecular flexibility index (Phi) is 5.27. The maximum absolute atomic E-state index is 13.0. The summed E-state index contributed by atoms with van der Waals surface area (Å²) in [6, 6.07) is 12.0. The van der Waals surface area contributed by atoms with E-state index in [1.165, 1.54) is 36.4 Å². The van der Waals surface area contributed by atoms with E-state index in [0.29, 0.717) is 16.4 Å². The minimum Gasteiger partial charge on any atom is -0.489 e. The highest BCUT2D eigenvalue weighted by molar-refractivity contribution is 6.03. The zero-order valence-corrected chi connectivity index (χ0v) is 12.1. The molecule has 2 aromatic carbocycles. The summed E-state index contributed by atoms with van der Waals surface area (Å²) in [7, 11) is 0. The molecule has 0 unspecified atom stereocenters. The maximum Gasteiger partial charge on any atom is 0.260 e. The summed E-state index contributed by atoms with van der Waals surface area (Å²) in [5, 5.41) is 10.0. The fourth-order valence-corrected chi connectivity index (χ4v) is 1.84. The van der Waals surface area contributed by atoms with E-state index in [-0.39, 0.29) is 18.1 Å². The van der Waals surface area contributed by atoms with Gasteiger partial charge >= 0.3 is 0 Å². The van der Waals surface area contributed by atoms with Gasteiger partial charge in [-0.15, -0.1) is 0 Å². The molecule has 2 aromatic rings. The maximum atomic E-state index is 13.0. The van der Waals surface area contributed by atoms with E-state index >= 15 is 0 Å². The van der Waals surface area contributed by atoms with Crippen molar-refractivity contribution in [3.8, 4) is 5.75 Å². The van der Waals surface area contributed by atoms with Crippen LogP contribution in [0.4, 0.5) is 10.1 Å². The Morgan fingerprint density at radius 2 is 1.87 bits per heavy atom. The van der Waals surface area contributed by atoms with Crippen LogP contribution >= 0.6 is 0 Å². The third-order valence-corrected chi connectivity index (χ3v) is 2.94. The number of halogens is 1. The summed E-state index contributed by atoms with van der Waals surface area (Å²) >= 11 is 0. The largest absolute Gasteiger partial charge is 0.489 e.